The number of hydrogen-bond acceptors (Lipinski definition) is 5. The van der Waals surface area contributed by atoms with Gasteiger partial charge in [-0.1, -0.05) is 43.2 Å². The third kappa shape index (κ3) is 3.42. The summed E-state index contributed by atoms with van der Waals surface area (Å²) in [4.78, 5) is 0. The Kier molecular flexibility index (Phi) is 4.51. The fourth-order valence-electron chi connectivity index (χ4n) is 2.71. The molecular weight excluding hydrogens is 282 g/mol. The summed E-state index contributed by atoms with van der Waals surface area (Å²) in [5.41, 5.74) is 1.82. The number of nitriles is 1. The summed E-state index contributed by atoms with van der Waals surface area (Å²) in [6.45, 7) is 0. The molecule has 1 fully saturated rings. The average molecular weight is 299 g/mol. The van der Waals surface area contributed by atoms with Crippen LogP contribution in [-0.2, 0) is 5.75 Å². The third-order valence-corrected chi connectivity index (χ3v) is 4.81. The maximum absolute atomic E-state index is 8.94. The summed E-state index contributed by atoms with van der Waals surface area (Å²) >= 11 is 1.64. The van der Waals surface area contributed by atoms with E-state index in [2.05, 4.69) is 21.6 Å². The summed E-state index contributed by atoms with van der Waals surface area (Å²) < 4.78 is 1.98. The van der Waals surface area contributed by atoms with Gasteiger partial charge < -0.3 is 0 Å². The van der Waals surface area contributed by atoms with E-state index in [-0.39, 0.29) is 0 Å². The fraction of sp³-hybridized carbons (Fsp3) is 0.467. The Morgan fingerprint density at radius 2 is 2.14 bits per heavy atom. The van der Waals surface area contributed by atoms with Crippen molar-refractivity contribution in [3.63, 3.8) is 0 Å². The lowest BCUT2D eigenvalue weighted by Crippen LogP contribution is -2.15. The number of hydrogen-bond donors (Lipinski definition) is 0. The van der Waals surface area contributed by atoms with Crippen molar-refractivity contribution < 1.29 is 0 Å². The molecule has 0 bridgehead atoms. The van der Waals surface area contributed by atoms with Crippen LogP contribution in [0.3, 0.4) is 0 Å². The quantitative estimate of drug-likeness (QED) is 0.810. The van der Waals surface area contributed by atoms with Gasteiger partial charge in [-0.05, 0) is 41.0 Å². The molecule has 2 aromatic rings. The van der Waals surface area contributed by atoms with E-state index in [0.29, 0.717) is 11.6 Å². The number of benzene rings is 1. The first-order valence-electron chi connectivity index (χ1n) is 7.26. The van der Waals surface area contributed by atoms with Crippen LogP contribution in [0.4, 0.5) is 0 Å². The van der Waals surface area contributed by atoms with Crippen molar-refractivity contribution >= 4 is 11.8 Å². The Morgan fingerprint density at radius 3 is 2.95 bits per heavy atom. The second-order valence-corrected chi connectivity index (χ2v) is 6.24. The van der Waals surface area contributed by atoms with Gasteiger partial charge in [-0.25, -0.2) is 4.68 Å². The molecular formula is C15H17N5S. The summed E-state index contributed by atoms with van der Waals surface area (Å²) in [5, 5.41) is 22.0. The number of aromatic nitrogens is 4. The average Bonchev–Trinajstić information content (AvgIpc) is 3.02. The molecule has 0 unspecified atom stereocenters. The van der Waals surface area contributed by atoms with Gasteiger partial charge in [0.2, 0.25) is 5.16 Å². The topological polar surface area (TPSA) is 67.4 Å². The van der Waals surface area contributed by atoms with Gasteiger partial charge in [0, 0.05) is 5.75 Å². The van der Waals surface area contributed by atoms with Crippen molar-refractivity contribution in [3.05, 3.63) is 35.4 Å². The van der Waals surface area contributed by atoms with Crippen molar-refractivity contribution in [2.24, 2.45) is 0 Å². The van der Waals surface area contributed by atoms with Crippen LogP contribution < -0.4 is 0 Å². The van der Waals surface area contributed by atoms with E-state index in [1.54, 1.807) is 11.8 Å². The van der Waals surface area contributed by atoms with Crippen LogP contribution in [0.15, 0.2) is 29.4 Å². The molecule has 5 nitrogen and oxygen atoms in total. The van der Waals surface area contributed by atoms with Crippen LogP contribution in [0.1, 0.15) is 49.3 Å². The molecule has 0 atom stereocenters. The molecule has 0 N–H and O–H groups in total. The lowest BCUT2D eigenvalue weighted by atomic mass is 9.96. The summed E-state index contributed by atoms with van der Waals surface area (Å²) in [6, 6.07) is 10.3. The molecule has 21 heavy (non-hydrogen) atoms. The number of thioether (sulfide) groups is 1. The molecule has 1 aromatic heterocycles. The molecule has 6 heteroatoms. The van der Waals surface area contributed by atoms with Gasteiger partial charge in [0.25, 0.3) is 0 Å². The minimum atomic E-state index is 0.446. The molecule has 1 aliphatic carbocycles. The molecule has 0 saturated heterocycles. The first-order chi connectivity index (χ1) is 10.4. The van der Waals surface area contributed by atoms with Gasteiger partial charge in [0.1, 0.15) is 0 Å². The first kappa shape index (κ1) is 14.1. The molecule has 0 spiro atoms. The summed E-state index contributed by atoms with van der Waals surface area (Å²) in [7, 11) is 0. The van der Waals surface area contributed by atoms with E-state index in [1.807, 2.05) is 28.9 Å². The molecule has 0 amide bonds. The van der Waals surface area contributed by atoms with Crippen LogP contribution in [-0.4, -0.2) is 20.2 Å². The monoisotopic (exact) mass is 299 g/mol. The largest absolute Gasteiger partial charge is 0.217 e. The zero-order chi connectivity index (χ0) is 14.5. The van der Waals surface area contributed by atoms with E-state index >= 15 is 0 Å². The SMILES string of the molecule is N#Cc1cccc(CSc2nnnn2C2CCCCC2)c1. The summed E-state index contributed by atoms with van der Waals surface area (Å²) in [6.07, 6.45) is 6.19. The van der Waals surface area contributed by atoms with Gasteiger partial charge >= 0.3 is 0 Å². The van der Waals surface area contributed by atoms with Crippen LogP contribution in [0, 0.1) is 11.3 Å². The standard InChI is InChI=1S/C15H17N5S/c16-10-12-5-4-6-13(9-12)11-21-15-17-18-19-20(15)14-7-2-1-3-8-14/h4-6,9,14H,1-3,7-8,11H2. The molecule has 1 aromatic carbocycles. The van der Waals surface area contributed by atoms with E-state index in [0.717, 1.165) is 16.5 Å². The Hall–Kier alpha value is -1.87. The molecule has 0 radical (unpaired) electrons. The van der Waals surface area contributed by atoms with Crippen molar-refractivity contribution in [3.8, 4) is 6.07 Å². The fourth-order valence-corrected chi connectivity index (χ4v) is 3.60. The molecule has 1 saturated carbocycles. The van der Waals surface area contributed by atoms with Crippen LogP contribution in [0.2, 0.25) is 0 Å². The van der Waals surface area contributed by atoms with Crippen molar-refractivity contribution in [2.75, 3.05) is 0 Å². The minimum Gasteiger partial charge on any atom is -0.217 e. The minimum absolute atomic E-state index is 0.446. The lowest BCUT2D eigenvalue weighted by molar-refractivity contribution is 0.307. The molecule has 1 aliphatic rings. The van der Waals surface area contributed by atoms with E-state index in [9.17, 15) is 0 Å². The van der Waals surface area contributed by atoms with Gasteiger partial charge in [-0.2, -0.15) is 5.26 Å². The molecule has 3 rings (SSSR count). The van der Waals surface area contributed by atoms with Gasteiger partial charge in [-0.3, -0.25) is 0 Å². The maximum atomic E-state index is 8.94. The molecule has 108 valence electrons. The normalized spacial score (nSPS) is 15.8. The van der Waals surface area contributed by atoms with Gasteiger partial charge in [-0.15, -0.1) is 5.10 Å². The number of tetrazole rings is 1. The number of rotatable bonds is 4. The van der Waals surface area contributed by atoms with Crippen molar-refractivity contribution in [2.45, 2.75) is 49.1 Å². The highest BCUT2D eigenvalue weighted by atomic mass is 32.2. The lowest BCUT2D eigenvalue weighted by Gasteiger charge is -2.21. The maximum Gasteiger partial charge on any atom is 0.209 e. The predicted octanol–water partition coefficient (Wildman–Crippen LogP) is 3.34. The van der Waals surface area contributed by atoms with E-state index in [4.69, 9.17) is 5.26 Å². The van der Waals surface area contributed by atoms with E-state index < -0.39 is 0 Å². The Bertz CT molecular complexity index is 640. The third-order valence-electron chi connectivity index (χ3n) is 3.81. The highest BCUT2D eigenvalue weighted by Crippen LogP contribution is 2.31. The smallest absolute Gasteiger partial charge is 0.209 e. The van der Waals surface area contributed by atoms with Crippen molar-refractivity contribution in [1.82, 2.24) is 20.2 Å². The Balaban J connectivity index is 1.68. The van der Waals surface area contributed by atoms with Crippen LogP contribution in [0.25, 0.3) is 0 Å². The molecule has 1 heterocycles. The predicted molar refractivity (Wildman–Crippen MR) is 80.7 cm³/mol. The highest BCUT2D eigenvalue weighted by molar-refractivity contribution is 7.98. The van der Waals surface area contributed by atoms with Gasteiger partial charge in [0.05, 0.1) is 17.7 Å². The zero-order valence-corrected chi connectivity index (χ0v) is 12.6. The Labute approximate surface area is 128 Å². The molecule has 0 aliphatic heterocycles. The summed E-state index contributed by atoms with van der Waals surface area (Å²) in [5.74, 6) is 0.780. The Morgan fingerprint density at radius 1 is 1.29 bits per heavy atom. The van der Waals surface area contributed by atoms with Gasteiger partial charge in [0.15, 0.2) is 0 Å². The number of nitrogens with zero attached hydrogens (tertiary/aromatic N) is 5. The highest BCUT2D eigenvalue weighted by Gasteiger charge is 2.20. The second kappa shape index (κ2) is 6.72. The van der Waals surface area contributed by atoms with Crippen LogP contribution >= 0.6 is 11.8 Å². The van der Waals surface area contributed by atoms with Crippen LogP contribution in [0.5, 0.6) is 0 Å². The zero-order valence-electron chi connectivity index (χ0n) is 11.8. The van der Waals surface area contributed by atoms with Crippen molar-refractivity contribution in [1.29, 1.82) is 5.26 Å². The van der Waals surface area contributed by atoms with E-state index in [1.165, 1.54) is 32.1 Å². The first-order valence-corrected chi connectivity index (χ1v) is 8.25. The second-order valence-electron chi connectivity index (χ2n) is 5.30.